The van der Waals surface area contributed by atoms with Crippen molar-refractivity contribution in [2.45, 2.75) is 26.5 Å². The number of aryl methyl sites for hydroxylation is 2. The predicted molar refractivity (Wildman–Crippen MR) is 66.9 cm³/mol. The molecule has 0 aliphatic carbocycles. The van der Waals surface area contributed by atoms with E-state index in [-0.39, 0.29) is 6.04 Å². The largest absolute Gasteiger partial charge is 0.485 e. The van der Waals surface area contributed by atoms with Gasteiger partial charge in [0.1, 0.15) is 5.75 Å². The molecule has 0 fully saturated rings. The highest BCUT2D eigenvalue weighted by molar-refractivity contribution is 5.37. The minimum atomic E-state index is 0.0272. The highest BCUT2D eigenvalue weighted by Crippen LogP contribution is 2.22. The maximum absolute atomic E-state index is 5.83. The van der Waals surface area contributed by atoms with Gasteiger partial charge in [0.2, 0.25) is 5.82 Å². The number of rotatable bonds is 4. The lowest BCUT2D eigenvalue weighted by Crippen LogP contribution is -2.06. The molecule has 1 atom stereocenters. The molecule has 1 aromatic heterocycles. The number of aromatic nitrogens is 4. The van der Waals surface area contributed by atoms with Crippen LogP contribution in [0.4, 0.5) is 0 Å². The van der Waals surface area contributed by atoms with E-state index in [9.17, 15) is 0 Å². The standard InChI is InChI=1S/C12H17N5O/c1-8-6-10(9(2)13)4-5-11(8)18-7-12-14-16-17(3)15-12/h4-6,9H,7,13H2,1-3H3. The topological polar surface area (TPSA) is 78.9 Å². The molecule has 0 aliphatic heterocycles. The third-order valence-electron chi connectivity index (χ3n) is 2.63. The first-order chi connectivity index (χ1) is 8.56. The molecule has 96 valence electrons. The molecular weight excluding hydrogens is 230 g/mol. The molecule has 0 saturated heterocycles. The fourth-order valence-electron chi connectivity index (χ4n) is 1.64. The minimum Gasteiger partial charge on any atom is -0.485 e. The van der Waals surface area contributed by atoms with Crippen LogP contribution in [0.15, 0.2) is 18.2 Å². The Kier molecular flexibility index (Phi) is 3.57. The molecule has 0 spiro atoms. The first kappa shape index (κ1) is 12.5. The van der Waals surface area contributed by atoms with Crippen molar-refractivity contribution in [3.8, 4) is 5.75 Å². The second-order valence-corrected chi connectivity index (χ2v) is 4.30. The van der Waals surface area contributed by atoms with E-state index in [0.717, 1.165) is 16.9 Å². The average Bonchev–Trinajstić information content (AvgIpc) is 2.73. The zero-order chi connectivity index (χ0) is 13.1. The highest BCUT2D eigenvalue weighted by atomic mass is 16.5. The Morgan fingerprint density at radius 2 is 2.22 bits per heavy atom. The normalized spacial score (nSPS) is 12.4. The van der Waals surface area contributed by atoms with Gasteiger partial charge in [-0.15, -0.1) is 10.2 Å². The van der Waals surface area contributed by atoms with E-state index in [2.05, 4.69) is 15.4 Å². The van der Waals surface area contributed by atoms with Crippen LogP contribution in [-0.4, -0.2) is 20.2 Å². The Morgan fingerprint density at radius 1 is 1.44 bits per heavy atom. The lowest BCUT2D eigenvalue weighted by atomic mass is 10.1. The van der Waals surface area contributed by atoms with Gasteiger partial charge in [0.25, 0.3) is 0 Å². The smallest absolute Gasteiger partial charge is 0.212 e. The number of hydrogen-bond acceptors (Lipinski definition) is 5. The summed E-state index contributed by atoms with van der Waals surface area (Å²) in [6.07, 6.45) is 0. The third-order valence-corrected chi connectivity index (χ3v) is 2.63. The molecule has 0 amide bonds. The molecule has 0 saturated carbocycles. The number of ether oxygens (including phenoxy) is 1. The molecule has 6 nitrogen and oxygen atoms in total. The maximum atomic E-state index is 5.83. The number of hydrogen-bond donors (Lipinski definition) is 1. The Balaban J connectivity index is 2.05. The van der Waals surface area contributed by atoms with E-state index in [1.54, 1.807) is 7.05 Å². The molecule has 18 heavy (non-hydrogen) atoms. The van der Waals surface area contributed by atoms with Gasteiger partial charge >= 0.3 is 0 Å². The van der Waals surface area contributed by atoms with Crippen molar-refractivity contribution in [2.24, 2.45) is 12.8 Å². The summed E-state index contributed by atoms with van der Waals surface area (Å²) in [4.78, 5) is 1.41. The Bertz CT molecular complexity index is 535. The van der Waals surface area contributed by atoms with Crippen molar-refractivity contribution in [3.05, 3.63) is 35.2 Å². The summed E-state index contributed by atoms with van der Waals surface area (Å²) in [5.41, 5.74) is 7.97. The summed E-state index contributed by atoms with van der Waals surface area (Å²) in [6.45, 7) is 4.26. The molecule has 0 radical (unpaired) electrons. The highest BCUT2D eigenvalue weighted by Gasteiger charge is 2.06. The Morgan fingerprint density at radius 3 is 2.78 bits per heavy atom. The van der Waals surface area contributed by atoms with Crippen LogP contribution in [-0.2, 0) is 13.7 Å². The summed E-state index contributed by atoms with van der Waals surface area (Å²) in [5.74, 6) is 1.38. The molecule has 1 unspecified atom stereocenters. The minimum absolute atomic E-state index is 0.0272. The Labute approximate surface area is 106 Å². The summed E-state index contributed by atoms with van der Waals surface area (Å²) >= 11 is 0. The van der Waals surface area contributed by atoms with Gasteiger partial charge in [-0.3, -0.25) is 0 Å². The fourth-order valence-corrected chi connectivity index (χ4v) is 1.64. The van der Waals surface area contributed by atoms with Crippen LogP contribution >= 0.6 is 0 Å². The van der Waals surface area contributed by atoms with Crippen molar-refractivity contribution in [2.75, 3.05) is 0 Å². The van der Waals surface area contributed by atoms with E-state index in [1.807, 2.05) is 32.0 Å². The molecule has 1 heterocycles. The van der Waals surface area contributed by atoms with E-state index in [4.69, 9.17) is 10.5 Å². The van der Waals surface area contributed by atoms with Crippen LogP contribution in [0.1, 0.15) is 29.9 Å². The number of nitrogens with zero attached hydrogens (tertiary/aromatic N) is 4. The van der Waals surface area contributed by atoms with Crippen LogP contribution < -0.4 is 10.5 Å². The number of nitrogens with two attached hydrogens (primary N) is 1. The molecule has 0 aliphatic rings. The van der Waals surface area contributed by atoms with Gasteiger partial charge in [-0.25, -0.2) is 0 Å². The summed E-state index contributed by atoms with van der Waals surface area (Å²) in [7, 11) is 1.72. The summed E-state index contributed by atoms with van der Waals surface area (Å²) < 4.78 is 5.65. The van der Waals surface area contributed by atoms with Crippen LogP contribution in [0.5, 0.6) is 5.75 Å². The van der Waals surface area contributed by atoms with E-state index >= 15 is 0 Å². The van der Waals surface area contributed by atoms with Gasteiger partial charge in [-0.1, -0.05) is 12.1 Å². The molecule has 2 aromatic rings. The van der Waals surface area contributed by atoms with Crippen molar-refractivity contribution in [3.63, 3.8) is 0 Å². The molecule has 2 N–H and O–H groups in total. The first-order valence-corrected chi connectivity index (χ1v) is 5.78. The monoisotopic (exact) mass is 247 g/mol. The second-order valence-electron chi connectivity index (χ2n) is 4.30. The lowest BCUT2D eigenvalue weighted by Gasteiger charge is -2.11. The molecule has 6 heteroatoms. The molecular formula is C12H17N5O. The van der Waals surface area contributed by atoms with Crippen LogP contribution in [0.3, 0.4) is 0 Å². The number of tetrazole rings is 1. The van der Waals surface area contributed by atoms with Crippen LogP contribution in [0.2, 0.25) is 0 Å². The zero-order valence-electron chi connectivity index (χ0n) is 10.8. The van der Waals surface area contributed by atoms with Gasteiger partial charge in [-0.05, 0) is 36.3 Å². The summed E-state index contributed by atoms with van der Waals surface area (Å²) in [6, 6.07) is 5.95. The SMILES string of the molecule is Cc1cc(C(C)N)ccc1OCc1nnn(C)n1. The van der Waals surface area contributed by atoms with Gasteiger partial charge in [-0.2, -0.15) is 4.80 Å². The van der Waals surface area contributed by atoms with E-state index in [0.29, 0.717) is 12.4 Å². The fraction of sp³-hybridized carbons (Fsp3) is 0.417. The van der Waals surface area contributed by atoms with Gasteiger partial charge < -0.3 is 10.5 Å². The van der Waals surface area contributed by atoms with Gasteiger partial charge in [0.15, 0.2) is 6.61 Å². The van der Waals surface area contributed by atoms with Crippen molar-refractivity contribution < 1.29 is 4.74 Å². The zero-order valence-corrected chi connectivity index (χ0v) is 10.8. The molecule has 0 bridgehead atoms. The third kappa shape index (κ3) is 2.84. The average molecular weight is 247 g/mol. The van der Waals surface area contributed by atoms with Gasteiger partial charge in [0, 0.05) is 6.04 Å². The quantitative estimate of drug-likeness (QED) is 0.875. The van der Waals surface area contributed by atoms with E-state index < -0.39 is 0 Å². The van der Waals surface area contributed by atoms with Crippen molar-refractivity contribution >= 4 is 0 Å². The van der Waals surface area contributed by atoms with E-state index in [1.165, 1.54) is 4.80 Å². The maximum Gasteiger partial charge on any atom is 0.212 e. The van der Waals surface area contributed by atoms with Crippen LogP contribution in [0, 0.1) is 6.92 Å². The number of benzene rings is 1. The second kappa shape index (κ2) is 5.14. The molecule has 1 aromatic carbocycles. The van der Waals surface area contributed by atoms with Gasteiger partial charge in [0.05, 0.1) is 7.05 Å². The first-order valence-electron chi connectivity index (χ1n) is 5.78. The summed E-state index contributed by atoms with van der Waals surface area (Å²) in [5, 5.41) is 11.7. The predicted octanol–water partition coefficient (Wildman–Crippen LogP) is 1.12. The van der Waals surface area contributed by atoms with Crippen molar-refractivity contribution in [1.29, 1.82) is 0 Å². The lowest BCUT2D eigenvalue weighted by molar-refractivity contribution is 0.293. The Hall–Kier alpha value is -1.95. The van der Waals surface area contributed by atoms with Crippen LogP contribution in [0.25, 0.3) is 0 Å². The van der Waals surface area contributed by atoms with Crippen molar-refractivity contribution in [1.82, 2.24) is 20.2 Å². The molecule has 2 rings (SSSR count).